The Morgan fingerprint density at radius 3 is 2.62 bits per heavy atom. The first-order valence-corrected chi connectivity index (χ1v) is 10.8. The summed E-state index contributed by atoms with van der Waals surface area (Å²) in [5.74, 6) is 0.100. The van der Waals surface area contributed by atoms with Crippen LogP contribution in [-0.4, -0.2) is 45.0 Å². The number of ether oxygens (including phenoxy) is 2. The van der Waals surface area contributed by atoms with Crippen molar-refractivity contribution in [2.75, 3.05) is 26.3 Å². The molecule has 0 unspecified atom stereocenters. The molecule has 0 amide bonds. The first-order valence-electron chi connectivity index (χ1n) is 8.43. The van der Waals surface area contributed by atoms with Crippen LogP contribution in [0.1, 0.15) is 28.1 Å². The Hall–Kier alpha value is -1.90. The second kappa shape index (κ2) is 8.20. The largest absolute Gasteiger partial charge is 0.490 e. The summed E-state index contributed by atoms with van der Waals surface area (Å²) < 4.78 is 37.6. The molecule has 2 aromatic rings. The zero-order valence-electron chi connectivity index (χ0n) is 14.5. The van der Waals surface area contributed by atoms with Gasteiger partial charge in [-0.15, -0.1) is 11.3 Å². The van der Waals surface area contributed by atoms with Crippen LogP contribution in [0.2, 0.25) is 0 Å². The summed E-state index contributed by atoms with van der Waals surface area (Å²) in [5, 5.41) is 1.60. The Balaban J connectivity index is 1.59. The van der Waals surface area contributed by atoms with Gasteiger partial charge in [0.25, 0.3) is 0 Å². The van der Waals surface area contributed by atoms with Gasteiger partial charge >= 0.3 is 5.97 Å². The third-order valence-electron chi connectivity index (χ3n) is 4.16. The number of carbonyl (C=O) groups excluding carboxylic acids is 1. The Morgan fingerprint density at radius 2 is 1.88 bits per heavy atom. The lowest BCUT2D eigenvalue weighted by Gasteiger charge is -2.15. The lowest BCUT2D eigenvalue weighted by atomic mass is 10.2. The van der Waals surface area contributed by atoms with E-state index < -0.39 is 16.0 Å². The zero-order chi connectivity index (χ0) is 18.6. The molecule has 0 aliphatic carbocycles. The summed E-state index contributed by atoms with van der Waals surface area (Å²) in [5.41, 5.74) is 0.996. The molecule has 0 N–H and O–H groups in total. The number of nitrogens with zero attached hydrogens (tertiary/aromatic N) is 1. The third kappa shape index (κ3) is 4.08. The lowest BCUT2D eigenvalue weighted by Crippen LogP contribution is -2.28. The van der Waals surface area contributed by atoms with Gasteiger partial charge in [-0.1, -0.05) is 18.2 Å². The molecule has 3 rings (SSSR count). The number of hydrogen-bond donors (Lipinski definition) is 0. The van der Waals surface area contributed by atoms with Gasteiger partial charge < -0.3 is 9.47 Å². The van der Waals surface area contributed by atoms with Crippen LogP contribution < -0.4 is 4.74 Å². The van der Waals surface area contributed by atoms with E-state index in [1.807, 2.05) is 31.2 Å². The minimum atomic E-state index is -3.64. The van der Waals surface area contributed by atoms with Gasteiger partial charge in [-0.2, -0.15) is 4.31 Å². The topological polar surface area (TPSA) is 72.9 Å². The maximum Gasteiger partial charge on any atom is 0.349 e. The highest BCUT2D eigenvalue weighted by atomic mass is 32.2. The van der Waals surface area contributed by atoms with Gasteiger partial charge in [0, 0.05) is 13.1 Å². The van der Waals surface area contributed by atoms with Crippen molar-refractivity contribution in [2.45, 2.75) is 24.7 Å². The van der Waals surface area contributed by atoms with Crippen molar-refractivity contribution in [3.05, 3.63) is 46.2 Å². The molecule has 2 heterocycles. The van der Waals surface area contributed by atoms with E-state index in [4.69, 9.17) is 9.47 Å². The molecule has 1 aliphatic heterocycles. The van der Waals surface area contributed by atoms with E-state index in [-0.39, 0.29) is 23.0 Å². The number of carbonyl (C=O) groups is 1. The highest BCUT2D eigenvalue weighted by molar-refractivity contribution is 7.89. The molecule has 0 bridgehead atoms. The van der Waals surface area contributed by atoms with E-state index >= 15 is 0 Å². The van der Waals surface area contributed by atoms with Crippen molar-refractivity contribution in [2.24, 2.45) is 0 Å². The second-order valence-electron chi connectivity index (χ2n) is 5.98. The van der Waals surface area contributed by atoms with Crippen LogP contribution in [0, 0.1) is 6.92 Å². The highest BCUT2D eigenvalue weighted by Crippen LogP contribution is 2.28. The van der Waals surface area contributed by atoms with Gasteiger partial charge in [0.1, 0.15) is 28.7 Å². The van der Waals surface area contributed by atoms with E-state index in [9.17, 15) is 13.2 Å². The summed E-state index contributed by atoms with van der Waals surface area (Å²) in [6.45, 7) is 3.18. The molecule has 1 saturated heterocycles. The molecule has 1 aliphatic rings. The average Bonchev–Trinajstić information content (AvgIpc) is 3.31. The number of aryl methyl sites for hydroxylation is 1. The minimum Gasteiger partial charge on any atom is -0.490 e. The molecule has 140 valence electrons. The van der Waals surface area contributed by atoms with Crippen molar-refractivity contribution in [3.63, 3.8) is 0 Å². The summed E-state index contributed by atoms with van der Waals surface area (Å²) in [6.07, 6.45) is 1.69. The third-order valence-corrected chi connectivity index (χ3v) is 7.13. The fourth-order valence-corrected chi connectivity index (χ4v) is 5.59. The predicted molar refractivity (Wildman–Crippen MR) is 99.3 cm³/mol. The Bertz CT molecular complexity index is 869. The summed E-state index contributed by atoms with van der Waals surface area (Å²) in [6, 6.07) is 9.04. The van der Waals surface area contributed by atoms with Crippen LogP contribution in [0.3, 0.4) is 0 Å². The molecular formula is C18H21NO5S2. The number of sulfonamides is 1. The number of hydrogen-bond acceptors (Lipinski definition) is 6. The fourth-order valence-electron chi connectivity index (χ4n) is 2.79. The molecule has 26 heavy (non-hydrogen) atoms. The normalized spacial score (nSPS) is 15.1. The lowest BCUT2D eigenvalue weighted by molar-refractivity contribution is 0.0451. The zero-order valence-corrected chi connectivity index (χ0v) is 16.1. The molecule has 0 spiro atoms. The quantitative estimate of drug-likeness (QED) is 0.532. The van der Waals surface area contributed by atoms with E-state index in [1.54, 1.807) is 5.38 Å². The molecule has 8 heteroatoms. The van der Waals surface area contributed by atoms with Gasteiger partial charge in [0.05, 0.1) is 0 Å². The Kier molecular flexibility index (Phi) is 5.95. The first-order chi connectivity index (χ1) is 12.5. The predicted octanol–water partition coefficient (Wildman–Crippen LogP) is 3.08. The van der Waals surface area contributed by atoms with Gasteiger partial charge in [0.15, 0.2) is 0 Å². The molecule has 0 radical (unpaired) electrons. The Morgan fingerprint density at radius 1 is 1.15 bits per heavy atom. The summed E-state index contributed by atoms with van der Waals surface area (Å²) in [4.78, 5) is 12.5. The molecule has 0 saturated carbocycles. The van der Waals surface area contributed by atoms with Crippen LogP contribution in [0.15, 0.2) is 40.6 Å². The SMILES string of the molecule is Cc1ccccc1OCCOC(=O)c1sccc1S(=O)(=O)N1CCCC1. The number of esters is 1. The van der Waals surface area contributed by atoms with Crippen molar-refractivity contribution in [3.8, 4) is 5.75 Å². The monoisotopic (exact) mass is 395 g/mol. The van der Waals surface area contributed by atoms with E-state index in [1.165, 1.54) is 10.4 Å². The summed E-state index contributed by atoms with van der Waals surface area (Å²) >= 11 is 1.08. The first kappa shape index (κ1) is 18.9. The minimum absolute atomic E-state index is 0.0363. The summed E-state index contributed by atoms with van der Waals surface area (Å²) in [7, 11) is -3.64. The molecule has 6 nitrogen and oxygen atoms in total. The maximum absolute atomic E-state index is 12.7. The fraction of sp³-hybridized carbons (Fsp3) is 0.389. The molecule has 0 atom stereocenters. The van der Waals surface area contributed by atoms with E-state index in [0.717, 1.165) is 35.5 Å². The standard InChI is InChI=1S/C18H21NO5S2/c1-14-6-2-3-7-15(14)23-11-12-24-18(20)17-16(8-13-25-17)26(21,22)19-9-4-5-10-19/h2-3,6-8,13H,4-5,9-12H2,1H3. The van der Waals surface area contributed by atoms with Gasteiger partial charge in [-0.3, -0.25) is 0 Å². The number of para-hydroxylation sites is 1. The molecule has 1 aromatic heterocycles. The highest BCUT2D eigenvalue weighted by Gasteiger charge is 2.32. The molecular weight excluding hydrogens is 374 g/mol. The maximum atomic E-state index is 12.7. The van der Waals surface area contributed by atoms with Crippen LogP contribution in [-0.2, 0) is 14.8 Å². The number of benzene rings is 1. The van der Waals surface area contributed by atoms with Crippen LogP contribution in [0.4, 0.5) is 0 Å². The van der Waals surface area contributed by atoms with Crippen molar-refractivity contribution in [1.82, 2.24) is 4.31 Å². The van der Waals surface area contributed by atoms with Crippen LogP contribution in [0.25, 0.3) is 0 Å². The molecule has 1 aromatic carbocycles. The second-order valence-corrected chi connectivity index (χ2v) is 8.80. The smallest absolute Gasteiger partial charge is 0.349 e. The van der Waals surface area contributed by atoms with Crippen molar-refractivity contribution in [1.29, 1.82) is 0 Å². The number of rotatable bonds is 7. The number of thiophene rings is 1. The van der Waals surface area contributed by atoms with Gasteiger partial charge in [-0.25, -0.2) is 13.2 Å². The van der Waals surface area contributed by atoms with Crippen molar-refractivity contribution >= 4 is 27.3 Å². The van der Waals surface area contributed by atoms with Crippen LogP contribution in [0.5, 0.6) is 5.75 Å². The van der Waals surface area contributed by atoms with Crippen LogP contribution >= 0.6 is 11.3 Å². The average molecular weight is 396 g/mol. The Labute approximate surface area is 157 Å². The van der Waals surface area contributed by atoms with E-state index in [0.29, 0.717) is 13.1 Å². The molecule has 1 fully saturated rings. The van der Waals surface area contributed by atoms with E-state index in [2.05, 4.69) is 0 Å². The van der Waals surface area contributed by atoms with Gasteiger partial charge in [0.2, 0.25) is 10.0 Å². The van der Waals surface area contributed by atoms with Gasteiger partial charge in [-0.05, 0) is 42.8 Å². The van der Waals surface area contributed by atoms with Crippen molar-refractivity contribution < 1.29 is 22.7 Å².